The minimum Gasteiger partial charge on any atom is -0.451 e. The minimum absolute atomic E-state index is 0.0752. The molecule has 0 aromatic rings. The molecule has 5 heteroatoms. The maximum absolute atomic E-state index is 12.8. The zero-order valence-electron chi connectivity index (χ0n) is 17.3. The van der Waals surface area contributed by atoms with Crippen molar-refractivity contribution in [1.82, 2.24) is 0 Å². The van der Waals surface area contributed by atoms with E-state index in [2.05, 4.69) is 19.9 Å². The Morgan fingerprint density at radius 1 is 1.21 bits per heavy atom. The maximum atomic E-state index is 12.8. The SMILES string of the molecule is CC(=O)O[C@]1(C(=O)CO)CC[C@H]2[C@@H]3CC[C@H]4CC(=O)CC[C@]4(C)C3=CC[C@@]21C. The molecule has 0 bridgehead atoms. The van der Waals surface area contributed by atoms with Crippen molar-refractivity contribution in [3.8, 4) is 0 Å². The first-order chi connectivity index (χ1) is 13.2. The summed E-state index contributed by atoms with van der Waals surface area (Å²) in [7, 11) is 0. The van der Waals surface area contributed by atoms with Crippen LogP contribution in [0.5, 0.6) is 0 Å². The lowest BCUT2D eigenvalue weighted by Gasteiger charge is -2.56. The molecule has 0 aromatic heterocycles. The van der Waals surface area contributed by atoms with Crippen LogP contribution in [-0.2, 0) is 19.1 Å². The molecule has 3 saturated carbocycles. The average Bonchev–Trinajstić information content (AvgIpc) is 2.94. The molecule has 154 valence electrons. The van der Waals surface area contributed by atoms with E-state index in [0.717, 1.165) is 25.7 Å². The predicted molar refractivity (Wildman–Crippen MR) is 103 cm³/mol. The van der Waals surface area contributed by atoms with Gasteiger partial charge in [0.05, 0.1) is 0 Å². The van der Waals surface area contributed by atoms with Gasteiger partial charge in [-0.05, 0) is 61.7 Å². The van der Waals surface area contributed by atoms with Crippen molar-refractivity contribution in [2.24, 2.45) is 28.6 Å². The van der Waals surface area contributed by atoms with Gasteiger partial charge in [0, 0.05) is 25.2 Å². The molecular formula is C23H32O5. The van der Waals surface area contributed by atoms with E-state index in [-0.39, 0.29) is 17.1 Å². The Morgan fingerprint density at radius 2 is 1.96 bits per heavy atom. The monoisotopic (exact) mass is 388 g/mol. The molecule has 0 radical (unpaired) electrons. The van der Waals surface area contributed by atoms with Gasteiger partial charge in [-0.2, -0.15) is 0 Å². The van der Waals surface area contributed by atoms with Crippen LogP contribution in [-0.4, -0.2) is 34.9 Å². The Kier molecular flexibility index (Phi) is 4.61. The molecule has 0 spiro atoms. The quantitative estimate of drug-likeness (QED) is 0.592. The Morgan fingerprint density at radius 3 is 2.64 bits per heavy atom. The standard InChI is InChI=1S/C23H32O5/c1-14(25)28-23(20(27)13-24)11-8-19-17-5-4-15-12-16(26)6-9-21(15,2)18(17)7-10-22(19,23)3/h7,15,17,19,24H,4-6,8-13H2,1-3H3/t15-,17+,19-,21-,22-,23-/m0/s1. The summed E-state index contributed by atoms with van der Waals surface area (Å²) in [6.07, 6.45) is 8.67. The van der Waals surface area contributed by atoms with Crippen LogP contribution < -0.4 is 0 Å². The fraction of sp³-hybridized carbons (Fsp3) is 0.783. The van der Waals surface area contributed by atoms with Gasteiger partial charge >= 0.3 is 5.97 Å². The third-order valence-electron chi connectivity index (χ3n) is 8.88. The lowest BCUT2D eigenvalue weighted by molar-refractivity contribution is -0.183. The normalized spacial score (nSPS) is 44.8. The van der Waals surface area contributed by atoms with Crippen LogP contribution in [0.15, 0.2) is 11.6 Å². The van der Waals surface area contributed by atoms with Crippen molar-refractivity contribution in [2.75, 3.05) is 6.61 Å². The molecule has 0 aromatic carbocycles. The molecule has 0 saturated heterocycles. The van der Waals surface area contributed by atoms with E-state index in [1.54, 1.807) is 0 Å². The second kappa shape index (κ2) is 6.51. The van der Waals surface area contributed by atoms with Crippen LogP contribution in [0.4, 0.5) is 0 Å². The van der Waals surface area contributed by atoms with Crippen molar-refractivity contribution in [3.63, 3.8) is 0 Å². The molecule has 28 heavy (non-hydrogen) atoms. The van der Waals surface area contributed by atoms with Gasteiger partial charge in [0.2, 0.25) is 5.78 Å². The van der Waals surface area contributed by atoms with Gasteiger partial charge in [0.15, 0.2) is 5.60 Å². The Labute approximate surface area is 166 Å². The number of Topliss-reactive ketones (excluding diaryl/α,β-unsaturated/α-hetero) is 2. The Balaban J connectivity index is 1.74. The third kappa shape index (κ3) is 2.51. The van der Waals surface area contributed by atoms with Crippen molar-refractivity contribution in [3.05, 3.63) is 11.6 Å². The first-order valence-corrected chi connectivity index (χ1v) is 10.7. The summed E-state index contributed by atoms with van der Waals surface area (Å²) in [6.45, 7) is 5.16. The smallest absolute Gasteiger partial charge is 0.303 e. The lowest BCUT2D eigenvalue weighted by Crippen LogP contribution is -2.58. The number of hydrogen-bond acceptors (Lipinski definition) is 5. The number of hydrogen-bond donors (Lipinski definition) is 1. The van der Waals surface area contributed by atoms with E-state index < -0.39 is 23.6 Å². The summed E-state index contributed by atoms with van der Waals surface area (Å²) >= 11 is 0. The summed E-state index contributed by atoms with van der Waals surface area (Å²) < 4.78 is 5.73. The average molecular weight is 389 g/mol. The number of aliphatic hydroxyl groups is 1. The molecule has 4 aliphatic rings. The number of carbonyl (C=O) groups excluding carboxylic acids is 3. The lowest BCUT2D eigenvalue weighted by atomic mass is 9.48. The molecule has 0 amide bonds. The number of carbonyl (C=O) groups is 3. The number of fused-ring (bicyclic) bond motifs is 5. The number of allylic oxidation sites excluding steroid dienone is 2. The van der Waals surface area contributed by atoms with Gasteiger partial charge < -0.3 is 9.84 Å². The molecule has 4 rings (SSSR count). The number of esters is 1. The number of rotatable bonds is 3. The molecule has 3 fully saturated rings. The van der Waals surface area contributed by atoms with Gasteiger partial charge in [-0.15, -0.1) is 0 Å². The summed E-state index contributed by atoms with van der Waals surface area (Å²) in [5, 5.41) is 9.64. The molecular weight excluding hydrogens is 356 g/mol. The van der Waals surface area contributed by atoms with Crippen LogP contribution in [0.3, 0.4) is 0 Å². The fourth-order valence-corrected chi connectivity index (χ4v) is 7.37. The highest BCUT2D eigenvalue weighted by Gasteiger charge is 2.67. The number of aliphatic hydroxyl groups excluding tert-OH is 1. The largest absolute Gasteiger partial charge is 0.451 e. The Hall–Kier alpha value is -1.49. The molecule has 0 unspecified atom stereocenters. The molecule has 0 aliphatic heterocycles. The van der Waals surface area contributed by atoms with Crippen LogP contribution in [0.25, 0.3) is 0 Å². The maximum Gasteiger partial charge on any atom is 0.303 e. The second-order valence-electron chi connectivity index (χ2n) is 9.97. The van der Waals surface area contributed by atoms with E-state index in [9.17, 15) is 19.5 Å². The molecule has 6 atom stereocenters. The molecule has 4 aliphatic carbocycles. The van der Waals surface area contributed by atoms with Gasteiger partial charge in [-0.3, -0.25) is 14.4 Å². The highest BCUT2D eigenvalue weighted by Crippen LogP contribution is 2.67. The van der Waals surface area contributed by atoms with E-state index in [0.29, 0.717) is 43.3 Å². The number of ether oxygens (including phenoxy) is 1. The van der Waals surface area contributed by atoms with E-state index >= 15 is 0 Å². The highest BCUT2D eigenvalue weighted by molar-refractivity contribution is 5.92. The van der Waals surface area contributed by atoms with E-state index in [1.165, 1.54) is 12.5 Å². The van der Waals surface area contributed by atoms with Crippen LogP contribution in [0.1, 0.15) is 72.1 Å². The van der Waals surface area contributed by atoms with Gasteiger partial charge in [-0.1, -0.05) is 25.5 Å². The van der Waals surface area contributed by atoms with Gasteiger partial charge in [0.25, 0.3) is 0 Å². The predicted octanol–water partition coefficient (Wildman–Crippen LogP) is 3.38. The number of ketones is 2. The van der Waals surface area contributed by atoms with Crippen molar-refractivity contribution in [2.45, 2.75) is 77.7 Å². The Bertz CT molecular complexity index is 754. The zero-order valence-corrected chi connectivity index (χ0v) is 17.3. The van der Waals surface area contributed by atoms with E-state index in [1.807, 2.05) is 0 Å². The zero-order chi connectivity index (χ0) is 20.3. The van der Waals surface area contributed by atoms with Crippen molar-refractivity contribution < 1.29 is 24.2 Å². The van der Waals surface area contributed by atoms with Crippen LogP contribution in [0.2, 0.25) is 0 Å². The first-order valence-electron chi connectivity index (χ1n) is 10.7. The van der Waals surface area contributed by atoms with Gasteiger partial charge in [0.1, 0.15) is 12.4 Å². The fourth-order valence-electron chi connectivity index (χ4n) is 7.37. The highest BCUT2D eigenvalue weighted by atomic mass is 16.6. The third-order valence-corrected chi connectivity index (χ3v) is 8.88. The molecule has 0 heterocycles. The van der Waals surface area contributed by atoms with E-state index in [4.69, 9.17) is 4.74 Å². The van der Waals surface area contributed by atoms with Crippen molar-refractivity contribution in [1.29, 1.82) is 0 Å². The second-order valence-corrected chi connectivity index (χ2v) is 9.97. The minimum atomic E-state index is -1.22. The topological polar surface area (TPSA) is 80.7 Å². The van der Waals surface area contributed by atoms with Crippen LogP contribution >= 0.6 is 0 Å². The first kappa shape index (κ1) is 19.8. The summed E-state index contributed by atoms with van der Waals surface area (Å²) in [6, 6.07) is 0. The van der Waals surface area contributed by atoms with Crippen molar-refractivity contribution >= 4 is 17.5 Å². The molecule has 1 N–H and O–H groups in total. The van der Waals surface area contributed by atoms with Crippen LogP contribution in [0, 0.1) is 28.6 Å². The van der Waals surface area contributed by atoms with Gasteiger partial charge in [-0.25, -0.2) is 0 Å². The molecule has 5 nitrogen and oxygen atoms in total. The summed E-state index contributed by atoms with van der Waals surface area (Å²) in [5.41, 5.74) is -0.152. The summed E-state index contributed by atoms with van der Waals surface area (Å²) in [5.74, 6) is 0.632. The summed E-state index contributed by atoms with van der Waals surface area (Å²) in [4.78, 5) is 36.7.